The number of carbonyl (C=O) groups excluding carboxylic acids is 1. The summed E-state index contributed by atoms with van der Waals surface area (Å²) in [4.78, 5) is 21.7. The van der Waals surface area contributed by atoms with Crippen molar-refractivity contribution in [3.8, 4) is 5.88 Å². The van der Waals surface area contributed by atoms with Gasteiger partial charge in [0, 0.05) is 45.6 Å². The Kier molecular flexibility index (Phi) is 5.91. The van der Waals surface area contributed by atoms with Crippen molar-refractivity contribution in [3.63, 3.8) is 0 Å². The predicted molar refractivity (Wildman–Crippen MR) is 95.4 cm³/mol. The molecule has 1 aromatic heterocycles. The Bertz CT molecular complexity index is 578. The summed E-state index contributed by atoms with van der Waals surface area (Å²) in [5, 5.41) is 0. The van der Waals surface area contributed by atoms with Crippen LogP contribution in [0.2, 0.25) is 0 Å². The second-order valence-electron chi connectivity index (χ2n) is 7.07. The molecule has 6 nitrogen and oxygen atoms in total. The van der Waals surface area contributed by atoms with E-state index in [0.717, 1.165) is 45.4 Å². The molecular weight excluding hydrogens is 318 g/mol. The van der Waals surface area contributed by atoms with Gasteiger partial charge in [-0.2, -0.15) is 0 Å². The quantitative estimate of drug-likeness (QED) is 0.754. The molecule has 2 fully saturated rings. The maximum atomic E-state index is 13.0. The molecule has 0 unspecified atom stereocenters. The molecule has 1 aromatic rings. The Morgan fingerprint density at radius 1 is 1.28 bits per heavy atom. The fourth-order valence-corrected chi connectivity index (χ4v) is 4.03. The van der Waals surface area contributed by atoms with E-state index in [1.165, 1.54) is 5.56 Å². The van der Waals surface area contributed by atoms with Crippen molar-refractivity contribution in [2.75, 3.05) is 46.5 Å². The number of amides is 1. The second-order valence-corrected chi connectivity index (χ2v) is 7.07. The average Bonchev–Trinajstić information content (AvgIpc) is 3.02. The number of piperidine rings is 1. The predicted octanol–water partition coefficient (Wildman–Crippen LogP) is 1.94. The monoisotopic (exact) mass is 347 g/mol. The van der Waals surface area contributed by atoms with E-state index in [1.807, 2.05) is 24.1 Å². The van der Waals surface area contributed by atoms with Crippen molar-refractivity contribution in [1.29, 1.82) is 0 Å². The van der Waals surface area contributed by atoms with Gasteiger partial charge >= 0.3 is 0 Å². The zero-order chi connectivity index (χ0) is 17.7. The number of hydrogen-bond acceptors (Lipinski definition) is 5. The van der Waals surface area contributed by atoms with Crippen LogP contribution in [0.15, 0.2) is 18.3 Å². The minimum absolute atomic E-state index is 0.190. The van der Waals surface area contributed by atoms with Gasteiger partial charge in [-0.05, 0) is 38.3 Å². The molecule has 1 spiro atoms. The van der Waals surface area contributed by atoms with Crippen LogP contribution in [0, 0.1) is 5.41 Å². The lowest BCUT2D eigenvalue weighted by molar-refractivity contribution is -0.146. The van der Waals surface area contributed by atoms with Gasteiger partial charge in [0.1, 0.15) is 0 Å². The fourth-order valence-electron chi connectivity index (χ4n) is 4.03. The Balaban J connectivity index is 1.59. The first-order chi connectivity index (χ1) is 12.2. The molecule has 0 saturated carbocycles. The number of hydrogen-bond donors (Lipinski definition) is 0. The molecule has 2 aliphatic heterocycles. The van der Waals surface area contributed by atoms with Crippen molar-refractivity contribution in [3.05, 3.63) is 23.9 Å². The van der Waals surface area contributed by atoms with Gasteiger partial charge in [0.25, 0.3) is 0 Å². The number of ether oxygens (including phenoxy) is 2. The zero-order valence-electron chi connectivity index (χ0n) is 15.4. The van der Waals surface area contributed by atoms with E-state index in [4.69, 9.17) is 9.47 Å². The lowest BCUT2D eigenvalue weighted by Crippen LogP contribution is -2.50. The summed E-state index contributed by atoms with van der Waals surface area (Å²) < 4.78 is 10.5. The molecule has 0 N–H and O–H groups in total. The Hall–Kier alpha value is -1.66. The van der Waals surface area contributed by atoms with Crippen LogP contribution in [0.3, 0.4) is 0 Å². The number of nitrogens with zero attached hydrogens (tertiary/aromatic N) is 3. The van der Waals surface area contributed by atoms with Gasteiger partial charge in [0.15, 0.2) is 0 Å². The molecule has 0 aromatic carbocycles. The number of likely N-dealkylation sites (tertiary alicyclic amines) is 2. The van der Waals surface area contributed by atoms with Gasteiger partial charge in [0.05, 0.1) is 18.6 Å². The van der Waals surface area contributed by atoms with Gasteiger partial charge in [-0.25, -0.2) is 4.98 Å². The lowest BCUT2D eigenvalue weighted by Gasteiger charge is -2.39. The maximum absolute atomic E-state index is 13.0. The third-order valence-electron chi connectivity index (χ3n) is 5.32. The van der Waals surface area contributed by atoms with E-state index in [0.29, 0.717) is 31.5 Å². The molecule has 2 aliphatic rings. The summed E-state index contributed by atoms with van der Waals surface area (Å²) in [5.41, 5.74) is 0.977. The molecule has 25 heavy (non-hydrogen) atoms. The SMILES string of the molecule is CCOc1ccc(CN2CC[C@]3(CCCN(CCOC)C3=O)C2)cn1. The van der Waals surface area contributed by atoms with Crippen LogP contribution in [-0.4, -0.2) is 67.2 Å². The normalized spacial score (nSPS) is 24.2. The Morgan fingerprint density at radius 3 is 2.88 bits per heavy atom. The topological polar surface area (TPSA) is 54.9 Å². The summed E-state index contributed by atoms with van der Waals surface area (Å²) in [6.07, 6.45) is 4.94. The van der Waals surface area contributed by atoms with Crippen LogP contribution in [-0.2, 0) is 16.1 Å². The summed E-state index contributed by atoms with van der Waals surface area (Å²) in [6.45, 7) is 7.43. The largest absolute Gasteiger partial charge is 0.478 e. The van der Waals surface area contributed by atoms with Crippen molar-refractivity contribution in [1.82, 2.24) is 14.8 Å². The molecule has 2 saturated heterocycles. The summed E-state index contributed by atoms with van der Waals surface area (Å²) >= 11 is 0. The van der Waals surface area contributed by atoms with Gasteiger partial charge < -0.3 is 14.4 Å². The van der Waals surface area contributed by atoms with Gasteiger partial charge in [-0.3, -0.25) is 9.69 Å². The van der Waals surface area contributed by atoms with Crippen molar-refractivity contribution >= 4 is 5.91 Å². The van der Waals surface area contributed by atoms with Crippen LogP contribution in [0.5, 0.6) is 5.88 Å². The second kappa shape index (κ2) is 8.15. The highest BCUT2D eigenvalue weighted by Crippen LogP contribution is 2.40. The summed E-state index contributed by atoms with van der Waals surface area (Å²) in [5.74, 6) is 0.989. The zero-order valence-corrected chi connectivity index (χ0v) is 15.4. The minimum Gasteiger partial charge on any atom is -0.478 e. The molecule has 138 valence electrons. The molecule has 3 rings (SSSR count). The van der Waals surface area contributed by atoms with Crippen molar-refractivity contribution in [2.24, 2.45) is 5.41 Å². The van der Waals surface area contributed by atoms with Gasteiger partial charge in [-0.1, -0.05) is 6.07 Å². The third kappa shape index (κ3) is 4.12. The third-order valence-corrected chi connectivity index (χ3v) is 5.32. The highest BCUT2D eigenvalue weighted by Gasteiger charge is 2.47. The standard InChI is InChI=1S/C19H29N3O3/c1-3-25-17-6-5-16(13-20-17)14-21-10-8-19(15-21)7-4-9-22(18(19)23)11-12-24-2/h5-6,13H,3-4,7-12,14-15H2,1-2H3/t19-/m1/s1. The van der Waals surface area contributed by atoms with E-state index in [1.54, 1.807) is 7.11 Å². The van der Waals surface area contributed by atoms with E-state index < -0.39 is 0 Å². The Labute approximate surface area is 150 Å². The minimum atomic E-state index is -0.190. The number of pyridine rings is 1. The molecule has 1 amide bonds. The number of methoxy groups -OCH3 is 1. The van der Waals surface area contributed by atoms with Crippen molar-refractivity contribution in [2.45, 2.75) is 32.7 Å². The molecule has 0 bridgehead atoms. The molecule has 1 atom stereocenters. The van der Waals surface area contributed by atoms with Gasteiger partial charge in [-0.15, -0.1) is 0 Å². The van der Waals surface area contributed by atoms with E-state index in [-0.39, 0.29) is 5.41 Å². The van der Waals surface area contributed by atoms with E-state index in [9.17, 15) is 4.79 Å². The van der Waals surface area contributed by atoms with E-state index in [2.05, 4.69) is 16.0 Å². The highest BCUT2D eigenvalue weighted by atomic mass is 16.5. The number of aromatic nitrogens is 1. The van der Waals surface area contributed by atoms with Crippen LogP contribution in [0.4, 0.5) is 0 Å². The number of rotatable bonds is 7. The molecule has 0 aliphatic carbocycles. The lowest BCUT2D eigenvalue weighted by atomic mass is 9.78. The first-order valence-corrected chi connectivity index (χ1v) is 9.25. The summed E-state index contributed by atoms with van der Waals surface area (Å²) in [6, 6.07) is 3.99. The smallest absolute Gasteiger partial charge is 0.230 e. The molecule has 6 heteroatoms. The highest BCUT2D eigenvalue weighted by molar-refractivity contribution is 5.84. The first-order valence-electron chi connectivity index (χ1n) is 9.25. The summed E-state index contributed by atoms with van der Waals surface area (Å²) in [7, 11) is 1.69. The van der Waals surface area contributed by atoms with Crippen LogP contribution < -0.4 is 4.74 Å². The van der Waals surface area contributed by atoms with E-state index >= 15 is 0 Å². The maximum Gasteiger partial charge on any atom is 0.230 e. The molecule has 3 heterocycles. The average molecular weight is 347 g/mol. The fraction of sp³-hybridized carbons (Fsp3) is 0.684. The van der Waals surface area contributed by atoms with Crippen LogP contribution in [0.25, 0.3) is 0 Å². The Morgan fingerprint density at radius 2 is 2.16 bits per heavy atom. The van der Waals surface area contributed by atoms with Crippen molar-refractivity contribution < 1.29 is 14.3 Å². The van der Waals surface area contributed by atoms with Gasteiger partial charge in [0.2, 0.25) is 11.8 Å². The molecular formula is C19H29N3O3. The molecule has 0 radical (unpaired) electrons. The number of carbonyl (C=O) groups is 1. The van der Waals surface area contributed by atoms with Crippen LogP contribution >= 0.6 is 0 Å². The van der Waals surface area contributed by atoms with Crippen LogP contribution in [0.1, 0.15) is 31.7 Å². The first kappa shape index (κ1) is 18.1.